The molecule has 0 spiro atoms. The van der Waals surface area contributed by atoms with Crippen LogP contribution in [0.5, 0.6) is 5.88 Å². The van der Waals surface area contributed by atoms with Gasteiger partial charge in [0.2, 0.25) is 5.88 Å². The van der Waals surface area contributed by atoms with Crippen LogP contribution < -0.4 is 4.74 Å². The largest absolute Gasteiger partial charge is 0.472 e. The Morgan fingerprint density at radius 1 is 1.30 bits per heavy atom. The quantitative estimate of drug-likeness (QED) is 0.864. The fourth-order valence-corrected chi connectivity index (χ4v) is 3.34. The molecule has 122 valence electrons. The van der Waals surface area contributed by atoms with Crippen molar-refractivity contribution in [1.29, 1.82) is 0 Å². The first kappa shape index (κ1) is 15.9. The summed E-state index contributed by atoms with van der Waals surface area (Å²) < 4.78 is 5.98. The summed E-state index contributed by atoms with van der Waals surface area (Å²) in [5.74, 6) is 1.26. The van der Waals surface area contributed by atoms with Gasteiger partial charge < -0.3 is 9.64 Å². The second-order valence-electron chi connectivity index (χ2n) is 5.78. The van der Waals surface area contributed by atoms with Crippen molar-refractivity contribution in [2.45, 2.75) is 39.7 Å². The average molecular weight is 332 g/mol. The molecule has 1 amide bonds. The molecule has 3 rings (SSSR count). The van der Waals surface area contributed by atoms with Crippen LogP contribution in [0.25, 0.3) is 0 Å². The van der Waals surface area contributed by atoms with Crippen molar-refractivity contribution in [1.82, 2.24) is 19.9 Å². The van der Waals surface area contributed by atoms with Crippen LogP contribution in [0.2, 0.25) is 0 Å². The fourth-order valence-electron chi connectivity index (χ4n) is 2.76. The second kappa shape index (κ2) is 6.62. The monoisotopic (exact) mass is 332 g/mol. The molecule has 3 heterocycles. The number of carbonyl (C=O) groups is 1. The van der Waals surface area contributed by atoms with Crippen molar-refractivity contribution in [2.24, 2.45) is 0 Å². The van der Waals surface area contributed by atoms with Crippen molar-refractivity contribution in [2.75, 3.05) is 13.1 Å². The van der Waals surface area contributed by atoms with Gasteiger partial charge in [-0.15, -0.1) is 11.3 Å². The van der Waals surface area contributed by atoms with E-state index in [0.29, 0.717) is 23.9 Å². The van der Waals surface area contributed by atoms with E-state index in [1.54, 1.807) is 0 Å². The summed E-state index contributed by atoms with van der Waals surface area (Å²) >= 11 is 1.50. The predicted octanol–water partition coefficient (Wildman–Crippen LogP) is 2.54. The number of amides is 1. The zero-order valence-corrected chi connectivity index (χ0v) is 14.4. The number of nitrogens with zero attached hydrogens (tertiary/aromatic N) is 4. The third-order valence-electron chi connectivity index (χ3n) is 3.73. The molecular weight excluding hydrogens is 312 g/mol. The van der Waals surface area contributed by atoms with Gasteiger partial charge in [-0.1, -0.05) is 0 Å². The summed E-state index contributed by atoms with van der Waals surface area (Å²) in [4.78, 5) is 27.2. The van der Waals surface area contributed by atoms with Crippen LogP contribution in [0.15, 0.2) is 11.4 Å². The topological polar surface area (TPSA) is 68.2 Å². The van der Waals surface area contributed by atoms with Gasteiger partial charge in [0.05, 0.1) is 11.6 Å². The maximum absolute atomic E-state index is 12.5. The predicted molar refractivity (Wildman–Crippen MR) is 87.9 cm³/mol. The number of rotatable bonds is 3. The summed E-state index contributed by atoms with van der Waals surface area (Å²) in [7, 11) is 0. The maximum Gasteiger partial charge on any atom is 0.273 e. The minimum atomic E-state index is -0.0406. The molecule has 0 N–H and O–H groups in total. The molecule has 0 aromatic carbocycles. The van der Waals surface area contributed by atoms with Crippen LogP contribution in [-0.2, 0) is 0 Å². The van der Waals surface area contributed by atoms with Gasteiger partial charge in [0.1, 0.15) is 17.6 Å². The van der Waals surface area contributed by atoms with Crippen molar-refractivity contribution >= 4 is 17.2 Å². The maximum atomic E-state index is 12.5. The van der Waals surface area contributed by atoms with E-state index >= 15 is 0 Å². The molecule has 2 aromatic heterocycles. The molecule has 2 aromatic rings. The Balaban J connectivity index is 1.67. The number of hydrogen-bond acceptors (Lipinski definition) is 6. The van der Waals surface area contributed by atoms with E-state index in [0.717, 1.165) is 30.1 Å². The Bertz CT molecular complexity index is 696. The Morgan fingerprint density at radius 3 is 2.83 bits per heavy atom. The van der Waals surface area contributed by atoms with Gasteiger partial charge in [0, 0.05) is 23.7 Å². The first-order valence-electron chi connectivity index (χ1n) is 7.71. The van der Waals surface area contributed by atoms with Crippen molar-refractivity contribution in [3.8, 4) is 5.88 Å². The molecule has 1 fully saturated rings. The van der Waals surface area contributed by atoms with Crippen LogP contribution in [0, 0.1) is 20.8 Å². The molecular formula is C16H20N4O2S. The molecule has 0 bridgehead atoms. The highest BCUT2D eigenvalue weighted by atomic mass is 32.1. The zero-order chi connectivity index (χ0) is 16.4. The van der Waals surface area contributed by atoms with Gasteiger partial charge in [-0.3, -0.25) is 4.79 Å². The first-order chi connectivity index (χ1) is 11.0. The van der Waals surface area contributed by atoms with Crippen LogP contribution in [0.4, 0.5) is 0 Å². The highest BCUT2D eigenvalue weighted by Crippen LogP contribution is 2.20. The van der Waals surface area contributed by atoms with E-state index in [9.17, 15) is 4.79 Å². The van der Waals surface area contributed by atoms with Gasteiger partial charge in [-0.25, -0.2) is 9.97 Å². The number of likely N-dealkylation sites (tertiary alicyclic amines) is 1. The smallest absolute Gasteiger partial charge is 0.273 e. The number of ether oxygens (including phenoxy) is 1. The molecule has 1 unspecified atom stereocenters. The molecule has 1 saturated heterocycles. The second-order valence-corrected chi connectivity index (χ2v) is 6.84. The molecule has 1 aliphatic rings. The molecule has 1 aliphatic heterocycles. The standard InChI is InChI=1S/C16H20N4O2S/c1-10-7-15(18-11(2)17-10)22-13-5-4-6-20(8-13)16(21)14-9-23-12(3)19-14/h7,9,13H,4-6,8H2,1-3H3. The minimum absolute atomic E-state index is 0.0160. The number of thiazole rings is 1. The SMILES string of the molecule is Cc1cc(OC2CCCN(C(=O)c3csc(C)n3)C2)nc(C)n1. The summed E-state index contributed by atoms with van der Waals surface area (Å²) in [6, 6.07) is 1.83. The van der Waals surface area contributed by atoms with Gasteiger partial charge in [-0.2, -0.15) is 4.98 Å². The van der Waals surface area contributed by atoms with Crippen LogP contribution in [0.1, 0.15) is 39.9 Å². The van der Waals surface area contributed by atoms with Crippen LogP contribution in [0.3, 0.4) is 0 Å². The Morgan fingerprint density at radius 2 is 2.13 bits per heavy atom. The van der Waals surface area contributed by atoms with Crippen LogP contribution in [-0.4, -0.2) is 45.0 Å². The zero-order valence-electron chi connectivity index (χ0n) is 13.6. The molecule has 7 heteroatoms. The lowest BCUT2D eigenvalue weighted by Crippen LogP contribution is -2.44. The fraction of sp³-hybridized carbons (Fsp3) is 0.500. The Hall–Kier alpha value is -2.02. The van der Waals surface area contributed by atoms with Gasteiger partial charge in [0.15, 0.2) is 0 Å². The number of aromatic nitrogens is 3. The van der Waals surface area contributed by atoms with Crippen LogP contribution >= 0.6 is 11.3 Å². The van der Waals surface area contributed by atoms with E-state index in [1.165, 1.54) is 11.3 Å². The lowest BCUT2D eigenvalue weighted by Gasteiger charge is -2.32. The van der Waals surface area contributed by atoms with Crippen molar-refractivity contribution in [3.63, 3.8) is 0 Å². The van der Waals surface area contributed by atoms with E-state index in [2.05, 4.69) is 15.0 Å². The van der Waals surface area contributed by atoms with E-state index < -0.39 is 0 Å². The normalized spacial score (nSPS) is 18.0. The van der Waals surface area contributed by atoms with E-state index in [-0.39, 0.29) is 12.0 Å². The summed E-state index contributed by atoms with van der Waals surface area (Å²) in [6.07, 6.45) is 1.80. The lowest BCUT2D eigenvalue weighted by atomic mass is 10.1. The van der Waals surface area contributed by atoms with Gasteiger partial charge in [0.25, 0.3) is 5.91 Å². The summed E-state index contributed by atoms with van der Waals surface area (Å²) in [5.41, 5.74) is 1.41. The number of aryl methyl sites for hydroxylation is 3. The summed E-state index contributed by atoms with van der Waals surface area (Å²) in [5, 5.41) is 2.73. The highest BCUT2D eigenvalue weighted by Gasteiger charge is 2.27. The minimum Gasteiger partial charge on any atom is -0.472 e. The average Bonchev–Trinajstić information content (AvgIpc) is 2.92. The van der Waals surface area contributed by atoms with Gasteiger partial charge in [-0.05, 0) is 33.6 Å². The molecule has 23 heavy (non-hydrogen) atoms. The third kappa shape index (κ3) is 3.85. The number of piperidine rings is 1. The number of carbonyl (C=O) groups excluding carboxylic acids is 1. The highest BCUT2D eigenvalue weighted by molar-refractivity contribution is 7.09. The van der Waals surface area contributed by atoms with E-state index in [4.69, 9.17) is 4.74 Å². The Labute approximate surface area is 139 Å². The molecule has 6 nitrogen and oxygen atoms in total. The number of hydrogen-bond donors (Lipinski definition) is 0. The summed E-state index contributed by atoms with van der Waals surface area (Å²) in [6.45, 7) is 6.99. The Kier molecular flexibility index (Phi) is 4.56. The molecule has 0 saturated carbocycles. The van der Waals surface area contributed by atoms with Crippen molar-refractivity contribution < 1.29 is 9.53 Å². The molecule has 0 radical (unpaired) electrons. The van der Waals surface area contributed by atoms with E-state index in [1.807, 2.05) is 37.1 Å². The third-order valence-corrected chi connectivity index (χ3v) is 4.51. The first-order valence-corrected chi connectivity index (χ1v) is 8.59. The van der Waals surface area contributed by atoms with Gasteiger partial charge >= 0.3 is 0 Å². The lowest BCUT2D eigenvalue weighted by molar-refractivity contribution is 0.0522. The van der Waals surface area contributed by atoms with Crippen molar-refractivity contribution in [3.05, 3.63) is 33.7 Å². The molecule has 1 atom stereocenters. The molecule has 0 aliphatic carbocycles.